The molecule has 10 heteroatoms. The number of hydrogen-bond donors (Lipinski definition) is 4. The monoisotopic (exact) mass is 497 g/mol. The van der Waals surface area contributed by atoms with E-state index < -0.39 is 12.1 Å². The second-order valence-corrected chi connectivity index (χ2v) is 9.13. The van der Waals surface area contributed by atoms with Crippen LogP contribution in [0.4, 0.5) is 11.5 Å². The largest absolute Gasteiger partial charge is 0.395 e. The Morgan fingerprint density at radius 2 is 1.95 bits per heavy atom. The highest BCUT2D eigenvalue weighted by Gasteiger charge is 2.29. The Morgan fingerprint density at radius 3 is 2.70 bits per heavy atom. The quantitative estimate of drug-likeness (QED) is 0.325. The maximum atomic E-state index is 13.3. The summed E-state index contributed by atoms with van der Waals surface area (Å²) in [6, 6.07) is 16.8. The SMILES string of the molecule is NC1NC=Nc2c1c(-c1ccc(NC(=O)c3c4n(n(-c5ccccc5)c3=O)CCC4)cc1)cn2CCO. The van der Waals surface area contributed by atoms with Crippen LogP contribution in [0.2, 0.25) is 0 Å². The molecule has 4 aromatic rings. The van der Waals surface area contributed by atoms with Crippen molar-refractivity contribution in [2.24, 2.45) is 10.7 Å². The van der Waals surface area contributed by atoms with Gasteiger partial charge in [-0.3, -0.25) is 14.3 Å². The van der Waals surface area contributed by atoms with Crippen molar-refractivity contribution in [2.75, 3.05) is 11.9 Å². The Morgan fingerprint density at radius 1 is 1.16 bits per heavy atom. The lowest BCUT2D eigenvalue weighted by Crippen LogP contribution is -2.30. The number of aliphatic hydroxyl groups is 1. The van der Waals surface area contributed by atoms with Crippen LogP contribution in [0.25, 0.3) is 16.8 Å². The first-order valence-corrected chi connectivity index (χ1v) is 12.3. The van der Waals surface area contributed by atoms with Crippen LogP contribution in [0.5, 0.6) is 0 Å². The molecule has 0 saturated heterocycles. The van der Waals surface area contributed by atoms with Crippen LogP contribution < -0.4 is 21.9 Å². The van der Waals surface area contributed by atoms with E-state index in [1.807, 2.05) is 57.9 Å². The molecule has 2 aromatic carbocycles. The predicted octanol–water partition coefficient (Wildman–Crippen LogP) is 2.52. The average molecular weight is 498 g/mol. The highest BCUT2D eigenvalue weighted by atomic mass is 16.3. The van der Waals surface area contributed by atoms with Gasteiger partial charge in [-0.15, -0.1) is 0 Å². The summed E-state index contributed by atoms with van der Waals surface area (Å²) in [6.45, 7) is 1.09. The zero-order valence-corrected chi connectivity index (χ0v) is 20.1. The summed E-state index contributed by atoms with van der Waals surface area (Å²) in [5.41, 5.74) is 10.9. The van der Waals surface area contributed by atoms with E-state index in [4.69, 9.17) is 5.73 Å². The van der Waals surface area contributed by atoms with E-state index in [0.717, 1.165) is 34.5 Å². The van der Waals surface area contributed by atoms with Crippen molar-refractivity contribution in [3.63, 3.8) is 0 Å². The number of aromatic nitrogens is 3. The second kappa shape index (κ2) is 9.23. The number of fused-ring (bicyclic) bond motifs is 2. The fourth-order valence-electron chi connectivity index (χ4n) is 5.24. The van der Waals surface area contributed by atoms with Gasteiger partial charge in [-0.1, -0.05) is 30.3 Å². The third-order valence-corrected chi connectivity index (χ3v) is 6.89. The van der Waals surface area contributed by atoms with Crippen LogP contribution in [0.3, 0.4) is 0 Å². The van der Waals surface area contributed by atoms with Gasteiger partial charge >= 0.3 is 0 Å². The number of aliphatic hydroxyl groups excluding tert-OH is 1. The fraction of sp³-hybridized carbons (Fsp3) is 0.222. The average Bonchev–Trinajstić information content (AvgIpc) is 3.58. The molecule has 0 spiro atoms. The van der Waals surface area contributed by atoms with Crippen LogP contribution in [-0.4, -0.2) is 37.9 Å². The first-order valence-electron chi connectivity index (χ1n) is 12.3. The lowest BCUT2D eigenvalue weighted by atomic mass is 10.0. The molecular weight excluding hydrogens is 470 g/mol. The molecule has 10 nitrogen and oxygen atoms in total. The van der Waals surface area contributed by atoms with Gasteiger partial charge in [0.1, 0.15) is 17.5 Å². The highest BCUT2D eigenvalue weighted by Crippen LogP contribution is 2.38. The zero-order chi connectivity index (χ0) is 25.5. The lowest BCUT2D eigenvalue weighted by molar-refractivity contribution is 0.102. The molecule has 2 aliphatic rings. The minimum absolute atomic E-state index is 0.0145. The highest BCUT2D eigenvalue weighted by molar-refractivity contribution is 6.05. The Kier molecular flexibility index (Phi) is 5.74. The molecule has 0 saturated carbocycles. The van der Waals surface area contributed by atoms with E-state index in [0.29, 0.717) is 31.0 Å². The Hall–Kier alpha value is -4.41. The van der Waals surface area contributed by atoms with Crippen molar-refractivity contribution in [3.05, 3.63) is 88.0 Å². The van der Waals surface area contributed by atoms with Crippen LogP contribution in [0.15, 0.2) is 70.6 Å². The van der Waals surface area contributed by atoms with E-state index in [-0.39, 0.29) is 17.7 Å². The van der Waals surface area contributed by atoms with Crippen molar-refractivity contribution in [2.45, 2.75) is 32.1 Å². The number of carbonyl (C=O) groups excluding carboxylic acids is 1. The normalized spacial score (nSPS) is 15.8. The van der Waals surface area contributed by atoms with Gasteiger partial charge in [0.05, 0.1) is 24.3 Å². The molecule has 0 radical (unpaired) electrons. The summed E-state index contributed by atoms with van der Waals surface area (Å²) in [4.78, 5) is 31.0. The van der Waals surface area contributed by atoms with E-state index in [1.54, 1.807) is 23.2 Å². The van der Waals surface area contributed by atoms with E-state index in [1.165, 1.54) is 0 Å². The van der Waals surface area contributed by atoms with Gasteiger partial charge in [0.15, 0.2) is 0 Å². The summed E-state index contributed by atoms with van der Waals surface area (Å²) >= 11 is 0. The molecule has 6 rings (SSSR count). The molecule has 4 heterocycles. The van der Waals surface area contributed by atoms with Crippen molar-refractivity contribution in [1.29, 1.82) is 0 Å². The maximum absolute atomic E-state index is 13.3. The van der Waals surface area contributed by atoms with Crippen molar-refractivity contribution < 1.29 is 9.90 Å². The number of hydrogen-bond acceptors (Lipinski definition) is 6. The predicted molar refractivity (Wildman–Crippen MR) is 141 cm³/mol. The summed E-state index contributed by atoms with van der Waals surface area (Å²) < 4.78 is 5.39. The number of amides is 1. The molecule has 188 valence electrons. The number of anilines is 1. The van der Waals surface area contributed by atoms with Crippen molar-refractivity contribution >= 4 is 23.8 Å². The smallest absolute Gasteiger partial charge is 0.284 e. The number of aliphatic imine (C=N–C) groups is 1. The summed E-state index contributed by atoms with van der Waals surface area (Å²) in [6.07, 6.45) is 4.64. The third kappa shape index (κ3) is 3.87. The van der Waals surface area contributed by atoms with Gasteiger partial charge in [0.25, 0.3) is 11.5 Å². The molecule has 2 aromatic heterocycles. The zero-order valence-electron chi connectivity index (χ0n) is 20.1. The molecule has 1 amide bonds. The minimum Gasteiger partial charge on any atom is -0.395 e. The number of para-hydroxylation sites is 1. The first kappa shape index (κ1) is 23.0. The number of benzene rings is 2. The van der Waals surface area contributed by atoms with Gasteiger partial charge in [-0.25, -0.2) is 9.67 Å². The maximum Gasteiger partial charge on any atom is 0.284 e. The van der Waals surface area contributed by atoms with Crippen LogP contribution in [-0.2, 0) is 19.5 Å². The van der Waals surface area contributed by atoms with Crippen molar-refractivity contribution in [1.82, 2.24) is 19.2 Å². The molecule has 37 heavy (non-hydrogen) atoms. The summed E-state index contributed by atoms with van der Waals surface area (Å²) in [7, 11) is 0. The lowest BCUT2D eigenvalue weighted by Gasteiger charge is -2.18. The van der Waals surface area contributed by atoms with Crippen LogP contribution in [0, 0.1) is 0 Å². The summed E-state index contributed by atoms with van der Waals surface area (Å²) in [5, 5.41) is 15.4. The molecule has 0 fully saturated rings. The second-order valence-electron chi connectivity index (χ2n) is 9.13. The fourth-order valence-corrected chi connectivity index (χ4v) is 5.24. The Bertz CT molecular complexity index is 1560. The number of nitrogens with zero attached hydrogens (tertiary/aromatic N) is 4. The van der Waals surface area contributed by atoms with E-state index in [2.05, 4.69) is 15.6 Å². The molecule has 1 unspecified atom stereocenters. The van der Waals surface area contributed by atoms with Crippen molar-refractivity contribution in [3.8, 4) is 16.8 Å². The van der Waals surface area contributed by atoms with E-state index >= 15 is 0 Å². The first-order chi connectivity index (χ1) is 18.1. The van der Waals surface area contributed by atoms with Gasteiger partial charge in [0, 0.05) is 36.1 Å². The summed E-state index contributed by atoms with van der Waals surface area (Å²) in [5.74, 6) is 0.301. The third-order valence-electron chi connectivity index (χ3n) is 6.89. The number of nitrogens with two attached hydrogens (primary N) is 1. The topological polar surface area (TPSA) is 132 Å². The molecule has 0 aliphatic carbocycles. The molecule has 1 atom stereocenters. The standard InChI is InChI=1S/C27H27N7O3/c28-24-22-20(15-32(13-14-35)25(22)30-16-29-24)17-8-10-18(11-9-17)31-26(36)23-21-7-4-12-33(21)34(27(23)37)19-5-2-1-3-6-19/h1-3,5-6,8-11,15-16,24,35H,4,7,12-14,28H2,(H,29,30)(H,31,36). The molecule has 5 N–H and O–H groups in total. The van der Waals surface area contributed by atoms with Gasteiger partial charge in [-0.2, -0.15) is 0 Å². The molecular formula is C27H27N7O3. The number of nitrogens with one attached hydrogen (secondary N) is 2. The minimum atomic E-state index is -0.425. The van der Waals surface area contributed by atoms with Crippen LogP contribution in [0.1, 0.15) is 34.2 Å². The van der Waals surface area contributed by atoms with Gasteiger partial charge in [-0.05, 0) is 42.7 Å². The Labute approximate surface area is 212 Å². The van der Waals surface area contributed by atoms with Gasteiger partial charge < -0.3 is 26.0 Å². The molecule has 2 aliphatic heterocycles. The number of carbonyl (C=O) groups is 1. The Balaban J connectivity index is 1.30. The number of rotatable bonds is 6. The molecule has 0 bridgehead atoms. The van der Waals surface area contributed by atoms with Crippen LogP contribution >= 0.6 is 0 Å². The van der Waals surface area contributed by atoms with Gasteiger partial charge in [0.2, 0.25) is 0 Å². The van der Waals surface area contributed by atoms with E-state index in [9.17, 15) is 14.7 Å².